The number of nitrogens with one attached hydrogen (secondary N) is 2. The third kappa shape index (κ3) is 2.41. The SMILES string of the molecule is CN1C2CCCC1CC(NC(=O)[C@@H]1CCCN1)C2. The lowest BCUT2D eigenvalue weighted by atomic mass is 9.82. The topological polar surface area (TPSA) is 44.4 Å². The second kappa shape index (κ2) is 5.17. The number of hydrogen-bond donors (Lipinski definition) is 2. The number of amides is 1. The molecule has 3 fully saturated rings. The first-order valence-electron chi connectivity index (χ1n) is 7.50. The monoisotopic (exact) mass is 251 g/mol. The fourth-order valence-corrected chi connectivity index (χ4v) is 3.94. The van der Waals surface area contributed by atoms with Gasteiger partial charge >= 0.3 is 0 Å². The summed E-state index contributed by atoms with van der Waals surface area (Å²) in [6.07, 6.45) is 8.41. The quantitative estimate of drug-likeness (QED) is 0.765. The Bertz CT molecular complexity index is 300. The minimum absolute atomic E-state index is 0.0736. The van der Waals surface area contributed by atoms with Crippen molar-refractivity contribution >= 4 is 5.91 Å². The summed E-state index contributed by atoms with van der Waals surface area (Å²) in [5, 5.41) is 6.56. The number of carbonyl (C=O) groups excluding carboxylic acids is 1. The van der Waals surface area contributed by atoms with Gasteiger partial charge in [-0.15, -0.1) is 0 Å². The molecule has 18 heavy (non-hydrogen) atoms. The summed E-state index contributed by atoms with van der Waals surface area (Å²) in [5.41, 5.74) is 0. The van der Waals surface area contributed by atoms with E-state index in [9.17, 15) is 4.79 Å². The van der Waals surface area contributed by atoms with E-state index in [1.807, 2.05) is 0 Å². The number of fused-ring (bicyclic) bond motifs is 2. The molecule has 3 atom stereocenters. The Morgan fingerprint density at radius 3 is 2.50 bits per heavy atom. The van der Waals surface area contributed by atoms with Crippen LogP contribution in [0.4, 0.5) is 0 Å². The van der Waals surface area contributed by atoms with Crippen LogP contribution >= 0.6 is 0 Å². The molecule has 3 heterocycles. The third-order valence-electron chi connectivity index (χ3n) is 5.06. The van der Waals surface area contributed by atoms with Crippen LogP contribution in [-0.4, -0.2) is 48.6 Å². The van der Waals surface area contributed by atoms with Gasteiger partial charge in [0.05, 0.1) is 6.04 Å². The molecule has 4 heteroatoms. The van der Waals surface area contributed by atoms with Crippen molar-refractivity contribution in [2.45, 2.75) is 69.1 Å². The largest absolute Gasteiger partial charge is 0.352 e. The van der Waals surface area contributed by atoms with Gasteiger partial charge in [0.1, 0.15) is 0 Å². The maximum absolute atomic E-state index is 12.1. The molecule has 3 saturated heterocycles. The highest BCUT2D eigenvalue weighted by molar-refractivity contribution is 5.82. The maximum Gasteiger partial charge on any atom is 0.237 e. The minimum atomic E-state index is 0.0736. The molecule has 2 N–H and O–H groups in total. The van der Waals surface area contributed by atoms with Crippen molar-refractivity contribution in [3.63, 3.8) is 0 Å². The van der Waals surface area contributed by atoms with Crippen LogP contribution in [0.5, 0.6) is 0 Å². The molecule has 3 aliphatic rings. The van der Waals surface area contributed by atoms with Gasteiger partial charge in [0.2, 0.25) is 5.91 Å². The van der Waals surface area contributed by atoms with Crippen molar-refractivity contribution in [1.82, 2.24) is 15.5 Å². The number of hydrogen-bond acceptors (Lipinski definition) is 3. The van der Waals surface area contributed by atoms with Crippen LogP contribution in [0.1, 0.15) is 44.9 Å². The van der Waals surface area contributed by atoms with Crippen molar-refractivity contribution in [3.05, 3.63) is 0 Å². The van der Waals surface area contributed by atoms with E-state index in [1.54, 1.807) is 0 Å². The molecule has 2 bridgehead atoms. The van der Waals surface area contributed by atoms with Crippen LogP contribution in [0.15, 0.2) is 0 Å². The molecule has 4 nitrogen and oxygen atoms in total. The summed E-state index contributed by atoms with van der Waals surface area (Å²) in [6.45, 7) is 0.997. The van der Waals surface area contributed by atoms with E-state index in [2.05, 4.69) is 22.6 Å². The second-order valence-electron chi connectivity index (χ2n) is 6.23. The Kier molecular flexibility index (Phi) is 3.57. The van der Waals surface area contributed by atoms with Gasteiger partial charge in [-0.3, -0.25) is 4.79 Å². The van der Waals surface area contributed by atoms with Gasteiger partial charge in [-0.25, -0.2) is 0 Å². The predicted molar refractivity (Wildman–Crippen MR) is 71.4 cm³/mol. The molecule has 3 aliphatic heterocycles. The molecule has 102 valence electrons. The van der Waals surface area contributed by atoms with Gasteiger partial charge in [0, 0.05) is 18.1 Å². The lowest BCUT2D eigenvalue weighted by Crippen LogP contribution is -2.56. The minimum Gasteiger partial charge on any atom is -0.352 e. The van der Waals surface area contributed by atoms with E-state index in [-0.39, 0.29) is 11.9 Å². The standard InChI is InChI=1S/C14H25N3O/c1-17-11-4-2-5-12(17)9-10(8-11)16-14(18)13-6-3-7-15-13/h10-13,15H,2-9H2,1H3,(H,16,18)/t10?,11?,12?,13-/m0/s1. The van der Waals surface area contributed by atoms with Gasteiger partial charge in [0.25, 0.3) is 0 Å². The van der Waals surface area contributed by atoms with Crippen molar-refractivity contribution in [2.75, 3.05) is 13.6 Å². The number of rotatable bonds is 2. The van der Waals surface area contributed by atoms with Gasteiger partial charge in [-0.2, -0.15) is 0 Å². The van der Waals surface area contributed by atoms with E-state index in [1.165, 1.54) is 19.3 Å². The second-order valence-corrected chi connectivity index (χ2v) is 6.23. The smallest absolute Gasteiger partial charge is 0.237 e. The average molecular weight is 251 g/mol. The lowest BCUT2D eigenvalue weighted by molar-refractivity contribution is -0.124. The zero-order valence-electron chi connectivity index (χ0n) is 11.3. The maximum atomic E-state index is 12.1. The van der Waals surface area contributed by atoms with Gasteiger partial charge in [0.15, 0.2) is 0 Å². The Balaban J connectivity index is 1.55. The Morgan fingerprint density at radius 1 is 1.17 bits per heavy atom. The molecule has 1 amide bonds. The Morgan fingerprint density at radius 2 is 1.89 bits per heavy atom. The zero-order valence-corrected chi connectivity index (χ0v) is 11.3. The van der Waals surface area contributed by atoms with Gasteiger partial charge < -0.3 is 15.5 Å². The van der Waals surface area contributed by atoms with Gasteiger partial charge in [-0.05, 0) is 52.1 Å². The molecule has 0 aromatic heterocycles. The van der Waals surface area contributed by atoms with Crippen molar-refractivity contribution < 1.29 is 4.79 Å². The van der Waals surface area contributed by atoms with Crippen molar-refractivity contribution in [3.8, 4) is 0 Å². The fourth-order valence-electron chi connectivity index (χ4n) is 3.94. The molecule has 0 aromatic rings. The molecule has 0 radical (unpaired) electrons. The summed E-state index contributed by atoms with van der Waals surface area (Å²) in [5.74, 6) is 0.236. The molecular formula is C14H25N3O. The van der Waals surface area contributed by atoms with E-state index in [4.69, 9.17) is 0 Å². The highest BCUT2D eigenvalue weighted by Gasteiger charge is 2.37. The summed E-state index contributed by atoms with van der Waals surface area (Å²) in [6, 6.07) is 1.87. The van der Waals surface area contributed by atoms with Crippen LogP contribution in [0.2, 0.25) is 0 Å². The summed E-state index contributed by atoms with van der Waals surface area (Å²) >= 11 is 0. The molecule has 0 saturated carbocycles. The molecule has 0 aliphatic carbocycles. The average Bonchev–Trinajstić information content (AvgIpc) is 2.84. The summed E-state index contributed by atoms with van der Waals surface area (Å²) < 4.78 is 0. The van der Waals surface area contributed by atoms with Crippen LogP contribution < -0.4 is 10.6 Å². The Labute approximate surface area is 109 Å². The predicted octanol–water partition coefficient (Wildman–Crippen LogP) is 0.870. The first-order valence-corrected chi connectivity index (χ1v) is 7.50. The number of nitrogens with zero attached hydrogens (tertiary/aromatic N) is 1. The molecule has 2 unspecified atom stereocenters. The van der Waals surface area contributed by atoms with Crippen LogP contribution in [0.25, 0.3) is 0 Å². The highest BCUT2D eigenvalue weighted by Crippen LogP contribution is 2.32. The van der Waals surface area contributed by atoms with Crippen LogP contribution in [-0.2, 0) is 4.79 Å². The zero-order chi connectivity index (χ0) is 12.5. The van der Waals surface area contributed by atoms with Crippen molar-refractivity contribution in [2.24, 2.45) is 0 Å². The van der Waals surface area contributed by atoms with Crippen LogP contribution in [0, 0.1) is 0 Å². The van der Waals surface area contributed by atoms with E-state index < -0.39 is 0 Å². The molecular weight excluding hydrogens is 226 g/mol. The van der Waals surface area contributed by atoms with Crippen molar-refractivity contribution in [1.29, 1.82) is 0 Å². The number of piperidine rings is 2. The van der Waals surface area contributed by atoms with Crippen LogP contribution in [0.3, 0.4) is 0 Å². The highest BCUT2D eigenvalue weighted by atomic mass is 16.2. The first kappa shape index (κ1) is 12.4. The molecule has 3 rings (SSSR count). The molecule has 0 spiro atoms. The van der Waals surface area contributed by atoms with Gasteiger partial charge in [-0.1, -0.05) is 6.42 Å². The lowest BCUT2D eigenvalue weighted by Gasteiger charge is -2.47. The third-order valence-corrected chi connectivity index (χ3v) is 5.06. The Hall–Kier alpha value is -0.610. The number of carbonyl (C=O) groups is 1. The normalized spacial score (nSPS) is 40.7. The first-order chi connectivity index (χ1) is 8.74. The van der Waals surface area contributed by atoms with E-state index >= 15 is 0 Å². The molecule has 0 aromatic carbocycles. The summed E-state index contributed by atoms with van der Waals surface area (Å²) in [4.78, 5) is 14.7. The fraction of sp³-hybridized carbons (Fsp3) is 0.929. The summed E-state index contributed by atoms with van der Waals surface area (Å²) in [7, 11) is 2.26. The van der Waals surface area contributed by atoms with E-state index in [0.717, 1.165) is 32.2 Å². The van der Waals surface area contributed by atoms with E-state index in [0.29, 0.717) is 18.1 Å².